The highest BCUT2D eigenvalue weighted by atomic mass is 16.3. The van der Waals surface area contributed by atoms with Crippen LogP contribution in [0.3, 0.4) is 0 Å². The number of likely N-dealkylation sites (tertiary alicyclic amines) is 1. The first-order chi connectivity index (χ1) is 21.2. The summed E-state index contributed by atoms with van der Waals surface area (Å²) in [5.41, 5.74) is 11.2. The number of nitrogens with one attached hydrogen (secondary N) is 2. The Hall–Kier alpha value is -4.34. The Balaban J connectivity index is 1.13. The van der Waals surface area contributed by atoms with Gasteiger partial charge in [-0.1, -0.05) is 31.2 Å². The molecule has 2 aromatic carbocycles. The Morgan fingerprint density at radius 2 is 1.86 bits per heavy atom. The average Bonchev–Trinajstić information content (AvgIpc) is 3.63. The fraction of sp³-hybridized carbons (Fsp3) is 0.353. The minimum absolute atomic E-state index is 0.129. The first-order valence-corrected chi connectivity index (χ1v) is 15.5. The molecule has 0 radical (unpaired) electrons. The molecule has 0 bridgehead atoms. The van der Waals surface area contributed by atoms with Crippen LogP contribution in [0.15, 0.2) is 60.1 Å². The molecule has 5 heterocycles. The molecule has 9 nitrogen and oxygen atoms in total. The van der Waals surface area contributed by atoms with Gasteiger partial charge in [-0.05, 0) is 86.1 Å². The summed E-state index contributed by atoms with van der Waals surface area (Å²) in [6.07, 6.45) is 10.3. The number of H-pyrrole nitrogens is 2. The molecule has 0 spiro atoms. The third kappa shape index (κ3) is 4.73. The molecule has 3 aliphatic rings. The van der Waals surface area contributed by atoms with Gasteiger partial charge in [-0.3, -0.25) is 10.1 Å². The third-order valence-corrected chi connectivity index (χ3v) is 9.55. The highest BCUT2D eigenvalue weighted by Gasteiger charge is 2.27. The van der Waals surface area contributed by atoms with E-state index in [1.807, 2.05) is 35.6 Å². The van der Waals surface area contributed by atoms with Crippen LogP contribution in [0.5, 0.6) is 0 Å². The fourth-order valence-electron chi connectivity index (χ4n) is 6.89. The molecule has 1 saturated carbocycles. The van der Waals surface area contributed by atoms with E-state index in [1.54, 1.807) is 6.33 Å². The minimum Gasteiger partial charge on any atom is -0.392 e. The molecule has 1 saturated heterocycles. The van der Waals surface area contributed by atoms with Crippen molar-refractivity contribution in [2.24, 2.45) is 5.10 Å². The molecular weight excluding hydrogens is 536 g/mol. The number of piperidine rings is 1. The van der Waals surface area contributed by atoms with Gasteiger partial charge >= 0.3 is 0 Å². The van der Waals surface area contributed by atoms with Crippen LogP contribution in [0.1, 0.15) is 72.4 Å². The van der Waals surface area contributed by atoms with Crippen molar-refractivity contribution in [1.82, 2.24) is 30.0 Å². The Morgan fingerprint density at radius 1 is 0.977 bits per heavy atom. The number of aromatic nitrogens is 5. The van der Waals surface area contributed by atoms with E-state index in [4.69, 9.17) is 10.1 Å². The number of benzene rings is 2. The smallest absolute Gasteiger partial charge is 0.141 e. The zero-order valence-corrected chi connectivity index (χ0v) is 24.4. The summed E-state index contributed by atoms with van der Waals surface area (Å²) in [5, 5.41) is 26.1. The minimum atomic E-state index is -0.129. The Morgan fingerprint density at radius 3 is 2.67 bits per heavy atom. The second-order valence-corrected chi connectivity index (χ2v) is 12.1. The van der Waals surface area contributed by atoms with Crippen LogP contribution >= 0.6 is 0 Å². The Labute approximate surface area is 250 Å². The van der Waals surface area contributed by atoms with Crippen molar-refractivity contribution in [1.29, 1.82) is 0 Å². The van der Waals surface area contributed by atoms with E-state index in [-0.39, 0.29) is 6.61 Å². The van der Waals surface area contributed by atoms with E-state index in [9.17, 15) is 5.11 Å². The molecular formula is C34H36N8O. The van der Waals surface area contributed by atoms with E-state index >= 15 is 0 Å². The van der Waals surface area contributed by atoms with Crippen molar-refractivity contribution < 1.29 is 5.11 Å². The van der Waals surface area contributed by atoms with E-state index in [2.05, 4.69) is 56.3 Å². The van der Waals surface area contributed by atoms with Crippen LogP contribution in [0.4, 0.5) is 5.69 Å². The van der Waals surface area contributed by atoms with E-state index in [0.29, 0.717) is 18.4 Å². The molecule has 43 heavy (non-hydrogen) atoms. The van der Waals surface area contributed by atoms with Crippen LogP contribution < -0.4 is 5.01 Å². The fourth-order valence-corrected chi connectivity index (χ4v) is 6.89. The number of hydrogen-bond acceptors (Lipinski definition) is 7. The monoisotopic (exact) mass is 572 g/mol. The zero-order chi connectivity index (χ0) is 28.9. The number of anilines is 1. The number of hydrazone groups is 1. The average molecular weight is 573 g/mol. The van der Waals surface area contributed by atoms with Crippen LogP contribution in [-0.4, -0.2) is 61.0 Å². The van der Waals surface area contributed by atoms with E-state index in [0.717, 1.165) is 77.3 Å². The van der Waals surface area contributed by atoms with Gasteiger partial charge in [0.05, 0.1) is 42.6 Å². The molecule has 2 fully saturated rings. The van der Waals surface area contributed by atoms with Crippen molar-refractivity contribution >= 4 is 22.9 Å². The van der Waals surface area contributed by atoms with Gasteiger partial charge in [-0.25, -0.2) is 9.97 Å². The third-order valence-electron chi connectivity index (χ3n) is 9.55. The molecule has 9 heteroatoms. The summed E-state index contributed by atoms with van der Waals surface area (Å²) in [6.45, 7) is 6.07. The number of rotatable bonds is 7. The Bertz CT molecular complexity index is 1830. The summed E-state index contributed by atoms with van der Waals surface area (Å²) >= 11 is 0. The maximum Gasteiger partial charge on any atom is 0.141 e. The number of fused-ring (bicyclic) bond motifs is 2. The van der Waals surface area contributed by atoms with Gasteiger partial charge in [0.1, 0.15) is 12.0 Å². The van der Waals surface area contributed by atoms with Crippen LogP contribution in [0.25, 0.3) is 33.5 Å². The highest BCUT2D eigenvalue weighted by Crippen LogP contribution is 2.42. The van der Waals surface area contributed by atoms with Gasteiger partial charge in [0.2, 0.25) is 0 Å². The first-order valence-electron chi connectivity index (χ1n) is 15.5. The molecule has 218 valence electrons. The molecule has 3 aromatic heterocycles. The second-order valence-electron chi connectivity index (χ2n) is 12.1. The number of aliphatic hydroxyl groups excluding tert-OH is 1. The number of nitrogens with zero attached hydrogens (tertiary/aromatic N) is 6. The van der Waals surface area contributed by atoms with Crippen LogP contribution in [-0.2, 0) is 13.2 Å². The van der Waals surface area contributed by atoms with Gasteiger partial charge in [0.25, 0.3) is 0 Å². The van der Waals surface area contributed by atoms with Crippen molar-refractivity contribution in [2.75, 3.05) is 24.6 Å². The molecule has 2 aliphatic heterocycles. The van der Waals surface area contributed by atoms with Gasteiger partial charge in [0.15, 0.2) is 0 Å². The summed E-state index contributed by atoms with van der Waals surface area (Å²) < 4.78 is 0. The zero-order valence-electron chi connectivity index (χ0n) is 24.4. The van der Waals surface area contributed by atoms with E-state index in [1.165, 1.54) is 35.2 Å². The number of aromatic amines is 2. The van der Waals surface area contributed by atoms with Crippen molar-refractivity contribution in [3.8, 4) is 22.5 Å². The van der Waals surface area contributed by atoms with Crippen LogP contribution in [0.2, 0.25) is 0 Å². The van der Waals surface area contributed by atoms with Gasteiger partial charge in [0, 0.05) is 33.7 Å². The van der Waals surface area contributed by atoms with E-state index < -0.39 is 0 Å². The molecule has 8 rings (SSSR count). The largest absolute Gasteiger partial charge is 0.392 e. The predicted octanol–water partition coefficient (Wildman–Crippen LogP) is 5.94. The lowest BCUT2D eigenvalue weighted by Gasteiger charge is -2.30. The summed E-state index contributed by atoms with van der Waals surface area (Å²) in [5.74, 6) is 1.16. The SMILES string of the molecule is CCN1CCC(c2[nH]ncc2-c2cc3c(-c4cccc(N5Cc6ccc(C7CC7)cc6C=N5)c4CO)ncnc3[nH]2)CC1. The van der Waals surface area contributed by atoms with Crippen molar-refractivity contribution in [3.05, 3.63) is 82.9 Å². The topological polar surface area (TPSA) is 109 Å². The lowest BCUT2D eigenvalue weighted by molar-refractivity contribution is 0.221. The Kier molecular flexibility index (Phi) is 6.57. The quantitative estimate of drug-likeness (QED) is 0.223. The van der Waals surface area contributed by atoms with Gasteiger partial charge in [-0.2, -0.15) is 10.2 Å². The van der Waals surface area contributed by atoms with Crippen LogP contribution in [0, 0.1) is 0 Å². The standard InChI is InChI=1S/C34H36N8O/c1-2-41-12-10-22(11-13-41)32-28(17-37-40-32)30-15-27-33(35-20-36-34(27)39-30)26-4-3-5-31(29(26)19-43)42-18-24-9-8-23(21-6-7-21)14-25(24)16-38-42/h3-5,8-9,14-17,20-22,43H,2,6-7,10-13,18-19H2,1H3,(H,37,40)(H,35,36,39). The molecule has 0 amide bonds. The van der Waals surface area contributed by atoms with Gasteiger partial charge in [-0.15, -0.1) is 0 Å². The van der Waals surface area contributed by atoms with Crippen molar-refractivity contribution in [2.45, 2.75) is 57.6 Å². The maximum atomic E-state index is 10.7. The highest BCUT2D eigenvalue weighted by molar-refractivity contribution is 5.96. The molecule has 0 unspecified atom stereocenters. The predicted molar refractivity (Wildman–Crippen MR) is 169 cm³/mol. The summed E-state index contributed by atoms with van der Waals surface area (Å²) in [7, 11) is 0. The molecule has 0 atom stereocenters. The normalized spacial score (nSPS) is 17.6. The molecule has 1 aliphatic carbocycles. The lowest BCUT2D eigenvalue weighted by atomic mass is 9.90. The van der Waals surface area contributed by atoms with Crippen molar-refractivity contribution in [3.63, 3.8) is 0 Å². The lowest BCUT2D eigenvalue weighted by Crippen LogP contribution is -2.32. The first kappa shape index (κ1) is 26.3. The maximum absolute atomic E-state index is 10.7. The number of hydrogen-bond donors (Lipinski definition) is 3. The van der Waals surface area contributed by atoms with Gasteiger partial charge < -0.3 is 15.0 Å². The summed E-state index contributed by atoms with van der Waals surface area (Å²) in [4.78, 5) is 15.3. The molecule has 5 aromatic rings. The second kappa shape index (κ2) is 10.7. The number of aliphatic hydroxyl groups is 1. The summed E-state index contributed by atoms with van der Waals surface area (Å²) in [6, 6.07) is 15.0. The molecule has 3 N–H and O–H groups in total.